The van der Waals surface area contributed by atoms with Crippen LogP contribution in [-0.4, -0.2) is 67.2 Å². The predicted octanol–water partition coefficient (Wildman–Crippen LogP) is -0.733. The van der Waals surface area contributed by atoms with Crippen molar-refractivity contribution in [3.8, 4) is 0 Å². The fourth-order valence-corrected chi connectivity index (χ4v) is 2.05. The molecular formula is C11H21N3O2. The molecule has 0 aromatic heterocycles. The van der Waals surface area contributed by atoms with Crippen LogP contribution >= 0.6 is 0 Å². The normalized spacial score (nSPS) is 28.6. The van der Waals surface area contributed by atoms with Gasteiger partial charge in [0.05, 0.1) is 19.3 Å². The van der Waals surface area contributed by atoms with Crippen LogP contribution in [0.3, 0.4) is 0 Å². The van der Waals surface area contributed by atoms with Crippen molar-refractivity contribution in [2.24, 2.45) is 5.73 Å². The van der Waals surface area contributed by atoms with Crippen LogP contribution in [0.5, 0.6) is 0 Å². The first-order valence-electron chi connectivity index (χ1n) is 6.04. The zero-order valence-electron chi connectivity index (χ0n) is 9.89. The molecule has 0 radical (unpaired) electrons. The summed E-state index contributed by atoms with van der Waals surface area (Å²) in [5.74, 6) is 0.247. The monoisotopic (exact) mass is 227 g/mol. The summed E-state index contributed by atoms with van der Waals surface area (Å²) < 4.78 is 5.56. The summed E-state index contributed by atoms with van der Waals surface area (Å²) in [4.78, 5) is 15.8. The second-order valence-corrected chi connectivity index (χ2v) is 4.74. The Morgan fingerprint density at radius 1 is 1.50 bits per heavy atom. The average Bonchev–Trinajstić information content (AvgIpc) is 2.15. The number of carbonyl (C=O) groups excluding carboxylic acids is 1. The van der Waals surface area contributed by atoms with Crippen molar-refractivity contribution in [3.63, 3.8) is 0 Å². The number of nitrogens with two attached hydrogens (primary N) is 1. The summed E-state index contributed by atoms with van der Waals surface area (Å²) in [5.41, 5.74) is 5.81. The van der Waals surface area contributed by atoms with E-state index in [1.54, 1.807) is 0 Å². The minimum absolute atomic E-state index is 0.0295. The molecular weight excluding hydrogens is 206 g/mol. The molecule has 0 saturated carbocycles. The van der Waals surface area contributed by atoms with E-state index in [1.807, 2.05) is 11.8 Å². The molecule has 1 amide bonds. The quantitative estimate of drug-likeness (QED) is 0.690. The maximum absolute atomic E-state index is 11.8. The summed E-state index contributed by atoms with van der Waals surface area (Å²) in [7, 11) is 0. The Hall–Kier alpha value is -0.650. The molecule has 2 saturated heterocycles. The molecule has 0 spiro atoms. The van der Waals surface area contributed by atoms with Crippen molar-refractivity contribution >= 4 is 5.91 Å². The summed E-state index contributed by atoms with van der Waals surface area (Å²) in [6, 6.07) is 0.0295. The van der Waals surface area contributed by atoms with Gasteiger partial charge in [0.15, 0.2) is 0 Å². The minimum atomic E-state index is 0.0295. The summed E-state index contributed by atoms with van der Waals surface area (Å²) in [5, 5.41) is 0. The lowest BCUT2D eigenvalue weighted by Gasteiger charge is -2.37. The van der Waals surface area contributed by atoms with E-state index in [9.17, 15) is 4.79 Å². The fraction of sp³-hybridized carbons (Fsp3) is 0.909. The van der Waals surface area contributed by atoms with Gasteiger partial charge in [-0.1, -0.05) is 0 Å². The highest BCUT2D eigenvalue weighted by molar-refractivity contribution is 5.78. The van der Waals surface area contributed by atoms with Crippen molar-refractivity contribution in [3.05, 3.63) is 0 Å². The molecule has 92 valence electrons. The molecule has 2 rings (SSSR count). The number of ether oxygens (including phenoxy) is 1. The highest BCUT2D eigenvalue weighted by Crippen LogP contribution is 2.10. The van der Waals surface area contributed by atoms with Crippen LogP contribution in [0, 0.1) is 0 Å². The molecule has 2 heterocycles. The van der Waals surface area contributed by atoms with Gasteiger partial charge >= 0.3 is 0 Å². The Morgan fingerprint density at radius 2 is 2.25 bits per heavy atom. The number of hydrogen-bond acceptors (Lipinski definition) is 4. The number of hydrogen-bond donors (Lipinski definition) is 1. The minimum Gasteiger partial charge on any atom is -0.374 e. The van der Waals surface area contributed by atoms with Gasteiger partial charge < -0.3 is 15.4 Å². The Morgan fingerprint density at radius 3 is 2.81 bits per heavy atom. The molecule has 2 unspecified atom stereocenters. The van der Waals surface area contributed by atoms with Gasteiger partial charge in [-0.15, -0.1) is 0 Å². The van der Waals surface area contributed by atoms with E-state index >= 15 is 0 Å². The standard InChI is InChI=1S/C11H21N3O2/c1-9(12)10-7-13(5-6-16-10)8-11(15)14-3-2-4-14/h9-10H,2-8,12H2,1H3. The maximum Gasteiger partial charge on any atom is 0.236 e. The lowest BCUT2D eigenvalue weighted by molar-refractivity contribution is -0.138. The van der Waals surface area contributed by atoms with Crippen LogP contribution in [0.2, 0.25) is 0 Å². The smallest absolute Gasteiger partial charge is 0.236 e. The number of likely N-dealkylation sites (tertiary alicyclic amines) is 1. The zero-order chi connectivity index (χ0) is 11.5. The Kier molecular flexibility index (Phi) is 3.78. The van der Waals surface area contributed by atoms with E-state index in [0.717, 1.165) is 32.6 Å². The van der Waals surface area contributed by atoms with Crippen LogP contribution in [0.1, 0.15) is 13.3 Å². The number of carbonyl (C=O) groups is 1. The number of amides is 1. The van der Waals surface area contributed by atoms with Gasteiger partial charge in [0.1, 0.15) is 0 Å². The molecule has 2 fully saturated rings. The van der Waals surface area contributed by atoms with Gasteiger partial charge in [-0.3, -0.25) is 9.69 Å². The molecule has 2 aliphatic heterocycles. The third kappa shape index (κ3) is 2.72. The van der Waals surface area contributed by atoms with E-state index in [4.69, 9.17) is 10.5 Å². The van der Waals surface area contributed by atoms with Gasteiger partial charge in [0.2, 0.25) is 5.91 Å². The van der Waals surface area contributed by atoms with Crippen molar-refractivity contribution < 1.29 is 9.53 Å². The molecule has 0 aromatic rings. The molecule has 0 aromatic carbocycles. The lowest BCUT2D eigenvalue weighted by Crippen LogP contribution is -2.53. The number of morpholine rings is 1. The summed E-state index contributed by atoms with van der Waals surface area (Å²) in [6.45, 7) is 6.62. The summed E-state index contributed by atoms with van der Waals surface area (Å²) in [6.07, 6.45) is 1.22. The van der Waals surface area contributed by atoms with Gasteiger partial charge in [0, 0.05) is 32.2 Å². The molecule has 16 heavy (non-hydrogen) atoms. The van der Waals surface area contributed by atoms with E-state index in [-0.39, 0.29) is 18.1 Å². The summed E-state index contributed by atoms with van der Waals surface area (Å²) >= 11 is 0. The maximum atomic E-state index is 11.8. The second kappa shape index (κ2) is 5.12. The number of rotatable bonds is 3. The fourth-order valence-electron chi connectivity index (χ4n) is 2.05. The Labute approximate surface area is 96.5 Å². The van der Waals surface area contributed by atoms with Crippen molar-refractivity contribution in [2.75, 3.05) is 39.3 Å². The molecule has 2 N–H and O–H groups in total. The highest BCUT2D eigenvalue weighted by Gasteiger charge is 2.27. The SMILES string of the molecule is CC(N)C1CN(CC(=O)N2CCC2)CCO1. The van der Waals surface area contributed by atoms with Crippen LogP contribution < -0.4 is 5.73 Å². The van der Waals surface area contributed by atoms with Gasteiger partial charge in [-0.25, -0.2) is 0 Å². The van der Waals surface area contributed by atoms with Crippen LogP contribution in [0.4, 0.5) is 0 Å². The lowest BCUT2D eigenvalue weighted by atomic mass is 10.1. The first-order valence-corrected chi connectivity index (χ1v) is 6.04. The van der Waals surface area contributed by atoms with Crippen molar-refractivity contribution in [1.82, 2.24) is 9.80 Å². The Balaban J connectivity index is 1.78. The van der Waals surface area contributed by atoms with Gasteiger partial charge in [-0.05, 0) is 13.3 Å². The molecule has 2 aliphatic rings. The van der Waals surface area contributed by atoms with Gasteiger partial charge in [0.25, 0.3) is 0 Å². The van der Waals surface area contributed by atoms with E-state index < -0.39 is 0 Å². The average molecular weight is 227 g/mol. The van der Waals surface area contributed by atoms with Gasteiger partial charge in [-0.2, -0.15) is 0 Å². The zero-order valence-corrected chi connectivity index (χ0v) is 9.89. The molecule has 2 atom stereocenters. The van der Waals surface area contributed by atoms with Crippen LogP contribution in [-0.2, 0) is 9.53 Å². The molecule has 0 bridgehead atoms. The van der Waals surface area contributed by atoms with Crippen LogP contribution in [0.15, 0.2) is 0 Å². The van der Waals surface area contributed by atoms with E-state index in [1.165, 1.54) is 0 Å². The van der Waals surface area contributed by atoms with Crippen molar-refractivity contribution in [2.45, 2.75) is 25.5 Å². The topological polar surface area (TPSA) is 58.8 Å². The first-order chi connectivity index (χ1) is 7.66. The number of nitrogens with zero attached hydrogens (tertiary/aromatic N) is 2. The molecule has 5 heteroatoms. The van der Waals surface area contributed by atoms with E-state index in [2.05, 4.69) is 4.90 Å². The molecule has 5 nitrogen and oxygen atoms in total. The van der Waals surface area contributed by atoms with E-state index in [0.29, 0.717) is 13.2 Å². The highest BCUT2D eigenvalue weighted by atomic mass is 16.5. The third-order valence-corrected chi connectivity index (χ3v) is 3.33. The largest absolute Gasteiger partial charge is 0.374 e. The second-order valence-electron chi connectivity index (χ2n) is 4.74. The first kappa shape index (κ1) is 11.8. The van der Waals surface area contributed by atoms with Crippen LogP contribution in [0.25, 0.3) is 0 Å². The van der Waals surface area contributed by atoms with Crippen molar-refractivity contribution in [1.29, 1.82) is 0 Å². The molecule has 0 aliphatic carbocycles. The predicted molar refractivity (Wildman–Crippen MR) is 61.0 cm³/mol. The third-order valence-electron chi connectivity index (χ3n) is 3.33. The Bertz CT molecular complexity index is 254.